The second-order valence-electron chi connectivity index (χ2n) is 10.9. The molecule has 1 heterocycles. The number of rotatable bonds is 16. The molecule has 0 amide bonds. The van der Waals surface area contributed by atoms with Crippen molar-refractivity contribution in [2.45, 2.75) is 65.0 Å². The van der Waals surface area contributed by atoms with Crippen LogP contribution in [0.15, 0.2) is 48.8 Å². The van der Waals surface area contributed by atoms with E-state index in [1.807, 2.05) is 12.1 Å². The van der Waals surface area contributed by atoms with Gasteiger partial charge in [0.25, 0.3) is 0 Å². The van der Waals surface area contributed by atoms with Crippen molar-refractivity contribution in [2.24, 2.45) is 5.92 Å². The van der Waals surface area contributed by atoms with Crippen LogP contribution in [0.5, 0.6) is 5.75 Å². The molecule has 0 bridgehead atoms. The van der Waals surface area contributed by atoms with E-state index in [1.54, 1.807) is 17.0 Å². The highest BCUT2D eigenvalue weighted by molar-refractivity contribution is 5.66. The summed E-state index contributed by atoms with van der Waals surface area (Å²) >= 11 is 0. The van der Waals surface area contributed by atoms with Gasteiger partial charge in [0, 0.05) is 38.3 Å². The molecule has 4 rings (SSSR count). The third-order valence-corrected chi connectivity index (χ3v) is 7.19. The van der Waals surface area contributed by atoms with Gasteiger partial charge in [-0.25, -0.2) is 14.4 Å². The molecule has 0 spiro atoms. The molecular formula is C32H35F4N5O3. The number of anilines is 2. The summed E-state index contributed by atoms with van der Waals surface area (Å²) in [6.45, 7) is 3.31. The van der Waals surface area contributed by atoms with Crippen molar-refractivity contribution in [3.63, 3.8) is 0 Å². The van der Waals surface area contributed by atoms with Gasteiger partial charge in [-0.15, -0.1) is 0 Å². The van der Waals surface area contributed by atoms with Crippen molar-refractivity contribution in [1.82, 2.24) is 9.97 Å². The Hall–Kier alpha value is -4.40. The molecule has 1 N–H and O–H groups in total. The van der Waals surface area contributed by atoms with Crippen molar-refractivity contribution >= 4 is 17.6 Å². The zero-order valence-electron chi connectivity index (χ0n) is 24.5. The minimum absolute atomic E-state index is 0.0511. The van der Waals surface area contributed by atoms with Gasteiger partial charge in [0.15, 0.2) is 5.75 Å². The molecule has 0 atom stereocenters. The first-order valence-electron chi connectivity index (χ1n) is 14.5. The Morgan fingerprint density at radius 3 is 2.45 bits per heavy atom. The quantitative estimate of drug-likeness (QED) is 0.137. The Labute approximate surface area is 253 Å². The van der Waals surface area contributed by atoms with Gasteiger partial charge in [-0.1, -0.05) is 13.0 Å². The van der Waals surface area contributed by atoms with Crippen LogP contribution in [0, 0.1) is 17.2 Å². The summed E-state index contributed by atoms with van der Waals surface area (Å²) in [5.41, 5.74) is 1.35. The van der Waals surface area contributed by atoms with Crippen molar-refractivity contribution in [3.05, 3.63) is 76.6 Å². The summed E-state index contributed by atoms with van der Waals surface area (Å²) in [5.74, 6) is 0.159. The molecule has 0 radical (unpaired) electrons. The number of ether oxygens (including phenoxy) is 1. The molecule has 44 heavy (non-hydrogen) atoms. The molecule has 3 aromatic rings. The van der Waals surface area contributed by atoms with E-state index < -0.39 is 24.4 Å². The van der Waals surface area contributed by atoms with E-state index in [4.69, 9.17) is 9.84 Å². The Kier molecular flexibility index (Phi) is 11.0. The number of halogens is 4. The zero-order valence-corrected chi connectivity index (χ0v) is 24.5. The monoisotopic (exact) mass is 613 g/mol. The molecule has 1 aliphatic rings. The Bertz CT molecular complexity index is 1460. The Balaban J connectivity index is 1.70. The number of hydrogen-bond donors (Lipinski definition) is 1. The maximum atomic E-state index is 13.8. The smallest absolute Gasteiger partial charge is 0.416 e. The Morgan fingerprint density at radius 1 is 1.09 bits per heavy atom. The molecule has 1 aliphatic carbocycles. The van der Waals surface area contributed by atoms with Crippen LogP contribution in [0.25, 0.3) is 0 Å². The highest BCUT2D eigenvalue weighted by atomic mass is 19.4. The first-order valence-corrected chi connectivity index (χ1v) is 14.5. The minimum Gasteiger partial charge on any atom is -0.490 e. The van der Waals surface area contributed by atoms with Gasteiger partial charge in [-0.2, -0.15) is 18.4 Å². The highest BCUT2D eigenvalue weighted by Gasteiger charge is 2.32. The molecule has 234 valence electrons. The summed E-state index contributed by atoms with van der Waals surface area (Å²) in [6.07, 6.45) is 1.64. The normalized spacial score (nSPS) is 12.9. The highest BCUT2D eigenvalue weighted by Crippen LogP contribution is 2.35. The molecule has 1 fully saturated rings. The fourth-order valence-corrected chi connectivity index (χ4v) is 4.94. The molecule has 1 saturated carbocycles. The molecule has 0 aliphatic heterocycles. The number of carbonyl (C=O) groups is 1. The predicted octanol–water partition coefficient (Wildman–Crippen LogP) is 6.91. The van der Waals surface area contributed by atoms with Crippen LogP contribution < -0.4 is 14.5 Å². The van der Waals surface area contributed by atoms with Gasteiger partial charge in [0.05, 0.1) is 36.2 Å². The topological polar surface area (TPSA) is 103 Å². The van der Waals surface area contributed by atoms with Crippen LogP contribution in [-0.2, 0) is 30.7 Å². The fourth-order valence-electron chi connectivity index (χ4n) is 4.94. The number of aromatic nitrogens is 2. The third kappa shape index (κ3) is 9.30. The van der Waals surface area contributed by atoms with Gasteiger partial charge in [-0.05, 0) is 78.6 Å². The molecule has 0 unspecified atom stereocenters. The molecule has 2 aromatic carbocycles. The number of carboxylic acids is 1. The van der Waals surface area contributed by atoms with E-state index in [9.17, 15) is 27.6 Å². The second-order valence-corrected chi connectivity index (χ2v) is 10.9. The predicted molar refractivity (Wildman–Crippen MR) is 157 cm³/mol. The lowest BCUT2D eigenvalue weighted by Gasteiger charge is -2.30. The molecular weight excluding hydrogens is 578 g/mol. The fraction of sp³-hybridized carbons (Fsp3) is 0.438. The van der Waals surface area contributed by atoms with E-state index in [0.717, 1.165) is 55.7 Å². The summed E-state index contributed by atoms with van der Waals surface area (Å²) < 4.78 is 60.4. The van der Waals surface area contributed by atoms with E-state index in [0.29, 0.717) is 23.7 Å². The number of aliphatic carboxylic acids is 1. The standard InChI is InChI=1S/C32H35F4N5O3/c1-2-9-40(19-22-5-6-22)29-8-7-23(15-33)12-26(29)21-41(20-25-11-24(16-37)13-27(14-25)32(34,35)36)31-38-17-28(18-39-31)44-10-3-4-30(42)43/h7-8,11-14,17-18,22H,2-6,9-10,15,19-21H2,1H3,(H,42,43). The van der Waals surface area contributed by atoms with E-state index in [1.165, 1.54) is 18.5 Å². The number of benzene rings is 2. The van der Waals surface area contributed by atoms with Gasteiger partial charge in [0.1, 0.15) is 6.67 Å². The maximum Gasteiger partial charge on any atom is 0.416 e. The van der Waals surface area contributed by atoms with Crippen molar-refractivity contribution < 1.29 is 32.2 Å². The number of hydrogen-bond acceptors (Lipinski definition) is 7. The van der Waals surface area contributed by atoms with Crippen molar-refractivity contribution in [3.8, 4) is 11.8 Å². The third-order valence-electron chi connectivity index (χ3n) is 7.19. The second kappa shape index (κ2) is 14.9. The van der Waals surface area contributed by atoms with Crippen LogP contribution >= 0.6 is 0 Å². The molecule has 12 heteroatoms. The van der Waals surface area contributed by atoms with Crippen LogP contribution in [-0.4, -0.2) is 40.7 Å². The van der Waals surface area contributed by atoms with E-state index >= 15 is 0 Å². The summed E-state index contributed by atoms with van der Waals surface area (Å²) in [4.78, 5) is 23.5. The van der Waals surface area contributed by atoms with Crippen LogP contribution in [0.3, 0.4) is 0 Å². The first-order chi connectivity index (χ1) is 21.1. The number of nitriles is 1. The largest absolute Gasteiger partial charge is 0.490 e. The van der Waals surface area contributed by atoms with Crippen molar-refractivity contribution in [1.29, 1.82) is 5.26 Å². The average Bonchev–Trinajstić information content (AvgIpc) is 3.82. The van der Waals surface area contributed by atoms with E-state index in [-0.39, 0.29) is 43.2 Å². The van der Waals surface area contributed by atoms with Gasteiger partial charge in [-0.3, -0.25) is 4.79 Å². The van der Waals surface area contributed by atoms with Crippen LogP contribution in [0.4, 0.5) is 29.2 Å². The molecule has 0 saturated heterocycles. The maximum absolute atomic E-state index is 13.8. The van der Waals surface area contributed by atoms with E-state index in [2.05, 4.69) is 21.8 Å². The van der Waals surface area contributed by atoms with Crippen molar-refractivity contribution in [2.75, 3.05) is 29.5 Å². The zero-order chi connectivity index (χ0) is 31.7. The summed E-state index contributed by atoms with van der Waals surface area (Å²) in [5, 5.41) is 18.2. The number of alkyl halides is 4. The lowest BCUT2D eigenvalue weighted by atomic mass is 10.0. The number of carboxylic acid groups (broad SMARTS) is 1. The van der Waals surface area contributed by atoms with Crippen LogP contribution in [0.1, 0.15) is 66.8 Å². The SMILES string of the molecule is CCCN(CC1CC1)c1ccc(CF)cc1CN(Cc1cc(C#N)cc(C(F)(F)F)c1)c1ncc(OCCCC(=O)O)cn1. The Morgan fingerprint density at radius 2 is 1.84 bits per heavy atom. The number of nitrogens with zero attached hydrogens (tertiary/aromatic N) is 5. The van der Waals surface area contributed by atoms with Gasteiger partial charge < -0.3 is 19.6 Å². The molecule has 1 aromatic heterocycles. The lowest BCUT2D eigenvalue weighted by molar-refractivity contribution is -0.138. The summed E-state index contributed by atoms with van der Waals surface area (Å²) in [6, 6.07) is 10.4. The van der Waals surface area contributed by atoms with Gasteiger partial charge in [0.2, 0.25) is 5.95 Å². The minimum atomic E-state index is -4.64. The van der Waals surface area contributed by atoms with Gasteiger partial charge >= 0.3 is 12.1 Å². The lowest BCUT2D eigenvalue weighted by Crippen LogP contribution is -2.30. The summed E-state index contributed by atoms with van der Waals surface area (Å²) in [7, 11) is 0. The average molecular weight is 614 g/mol. The first kappa shape index (κ1) is 32.5. The molecule has 8 nitrogen and oxygen atoms in total. The van der Waals surface area contributed by atoms with Crippen LogP contribution in [0.2, 0.25) is 0 Å².